The number of nitrogens with one attached hydrogen (secondary N) is 1. The van der Waals surface area contributed by atoms with Gasteiger partial charge in [-0.1, -0.05) is 0 Å². The molecule has 1 heterocycles. The average Bonchev–Trinajstić information content (AvgIpc) is 2.73. The summed E-state index contributed by atoms with van der Waals surface area (Å²) in [6.07, 6.45) is 4.34. The summed E-state index contributed by atoms with van der Waals surface area (Å²) in [6.45, 7) is 2.12. The molecule has 0 bridgehead atoms. The van der Waals surface area contributed by atoms with E-state index in [4.69, 9.17) is 4.74 Å². The standard InChI is InChI=1S/C15H20N2O/c1-9-5-13-14-10(8-16-13)6-11(17(2)3)7-12(14)15(9)18-4/h5,8,11,16H,6-7H2,1-4H3. The quantitative estimate of drug-likeness (QED) is 0.879. The molecule has 3 heteroatoms. The predicted molar refractivity (Wildman–Crippen MR) is 74.5 cm³/mol. The maximum absolute atomic E-state index is 5.63. The van der Waals surface area contributed by atoms with E-state index in [1.165, 1.54) is 27.6 Å². The minimum Gasteiger partial charge on any atom is -0.496 e. The summed E-state index contributed by atoms with van der Waals surface area (Å²) in [5.74, 6) is 1.06. The number of methoxy groups -OCH3 is 1. The molecule has 1 aromatic heterocycles. The number of rotatable bonds is 2. The van der Waals surface area contributed by atoms with Gasteiger partial charge in [-0.15, -0.1) is 0 Å². The zero-order chi connectivity index (χ0) is 12.9. The summed E-state index contributed by atoms with van der Waals surface area (Å²) in [7, 11) is 6.08. The topological polar surface area (TPSA) is 28.3 Å². The fraction of sp³-hybridized carbons (Fsp3) is 0.467. The Hall–Kier alpha value is -1.48. The number of benzene rings is 1. The van der Waals surface area contributed by atoms with Crippen molar-refractivity contribution in [3.63, 3.8) is 0 Å². The molecule has 1 unspecified atom stereocenters. The maximum Gasteiger partial charge on any atom is 0.125 e. The van der Waals surface area contributed by atoms with Crippen molar-refractivity contribution >= 4 is 10.9 Å². The van der Waals surface area contributed by atoms with Crippen molar-refractivity contribution in [2.24, 2.45) is 0 Å². The Balaban J connectivity index is 2.25. The maximum atomic E-state index is 5.63. The summed E-state index contributed by atoms with van der Waals surface area (Å²) < 4.78 is 5.63. The molecule has 0 saturated carbocycles. The molecule has 3 nitrogen and oxygen atoms in total. The lowest BCUT2D eigenvalue weighted by Gasteiger charge is -2.29. The summed E-state index contributed by atoms with van der Waals surface area (Å²) in [4.78, 5) is 5.71. The van der Waals surface area contributed by atoms with Crippen LogP contribution in [-0.4, -0.2) is 37.1 Å². The van der Waals surface area contributed by atoms with E-state index < -0.39 is 0 Å². The van der Waals surface area contributed by atoms with Crippen LogP contribution in [0.4, 0.5) is 0 Å². The second kappa shape index (κ2) is 4.02. The zero-order valence-electron chi connectivity index (χ0n) is 11.5. The lowest BCUT2D eigenvalue weighted by Crippen LogP contribution is -2.34. The number of ether oxygens (including phenoxy) is 1. The first kappa shape index (κ1) is 11.6. The Labute approximate surface area is 108 Å². The van der Waals surface area contributed by atoms with Gasteiger partial charge in [0.1, 0.15) is 5.75 Å². The van der Waals surface area contributed by atoms with Crippen LogP contribution in [0, 0.1) is 6.92 Å². The molecule has 1 aliphatic rings. The molecule has 1 aromatic carbocycles. The number of H-pyrrole nitrogens is 1. The first-order valence-corrected chi connectivity index (χ1v) is 6.44. The van der Waals surface area contributed by atoms with Gasteiger partial charge in [0.15, 0.2) is 0 Å². The fourth-order valence-electron chi connectivity index (χ4n) is 3.15. The van der Waals surface area contributed by atoms with Crippen molar-refractivity contribution in [3.8, 4) is 5.75 Å². The highest BCUT2D eigenvalue weighted by Crippen LogP contribution is 2.38. The predicted octanol–water partition coefficient (Wildman–Crippen LogP) is 2.51. The highest BCUT2D eigenvalue weighted by Gasteiger charge is 2.26. The molecule has 96 valence electrons. The Morgan fingerprint density at radius 1 is 1.33 bits per heavy atom. The Bertz CT molecular complexity index is 598. The van der Waals surface area contributed by atoms with Crippen LogP contribution in [-0.2, 0) is 12.8 Å². The van der Waals surface area contributed by atoms with Crippen molar-refractivity contribution in [2.75, 3.05) is 21.2 Å². The lowest BCUT2D eigenvalue weighted by atomic mass is 9.87. The molecule has 0 amide bonds. The van der Waals surface area contributed by atoms with Gasteiger partial charge in [0.25, 0.3) is 0 Å². The van der Waals surface area contributed by atoms with Crippen LogP contribution in [0.2, 0.25) is 0 Å². The smallest absolute Gasteiger partial charge is 0.125 e. The minimum absolute atomic E-state index is 0.562. The Morgan fingerprint density at radius 3 is 2.78 bits per heavy atom. The number of hydrogen-bond acceptors (Lipinski definition) is 2. The van der Waals surface area contributed by atoms with E-state index >= 15 is 0 Å². The molecule has 1 N–H and O–H groups in total. The van der Waals surface area contributed by atoms with E-state index in [1.807, 2.05) is 0 Å². The molecule has 1 atom stereocenters. The number of likely N-dealkylation sites (N-methyl/N-ethyl adjacent to an activating group) is 1. The number of aromatic amines is 1. The van der Waals surface area contributed by atoms with Crippen LogP contribution in [0.5, 0.6) is 5.75 Å². The number of hydrogen-bond donors (Lipinski definition) is 1. The largest absolute Gasteiger partial charge is 0.496 e. The highest BCUT2D eigenvalue weighted by molar-refractivity contribution is 5.90. The molecule has 1 aliphatic carbocycles. The summed E-state index contributed by atoms with van der Waals surface area (Å²) in [5.41, 5.74) is 5.25. The SMILES string of the molecule is COc1c(C)cc2[nH]cc3c2c1CC(N(C)C)C3. The molecule has 0 radical (unpaired) electrons. The highest BCUT2D eigenvalue weighted by atomic mass is 16.5. The first-order valence-electron chi connectivity index (χ1n) is 6.44. The minimum atomic E-state index is 0.562. The van der Waals surface area contributed by atoms with Crippen molar-refractivity contribution in [1.82, 2.24) is 9.88 Å². The van der Waals surface area contributed by atoms with Gasteiger partial charge in [-0.25, -0.2) is 0 Å². The van der Waals surface area contributed by atoms with E-state index in [-0.39, 0.29) is 0 Å². The third-order valence-electron chi connectivity index (χ3n) is 4.12. The second-order valence-electron chi connectivity index (χ2n) is 5.47. The normalized spacial score (nSPS) is 18.6. The van der Waals surface area contributed by atoms with Gasteiger partial charge in [-0.05, 0) is 51.1 Å². The number of aromatic nitrogens is 1. The summed E-state index contributed by atoms with van der Waals surface area (Å²) in [6, 6.07) is 2.75. The molecule has 3 rings (SSSR count). The number of nitrogens with zero attached hydrogens (tertiary/aromatic N) is 1. The average molecular weight is 244 g/mol. The Morgan fingerprint density at radius 2 is 2.11 bits per heavy atom. The third-order valence-corrected chi connectivity index (χ3v) is 4.12. The fourth-order valence-corrected chi connectivity index (χ4v) is 3.15. The van der Waals surface area contributed by atoms with Gasteiger partial charge in [-0.3, -0.25) is 0 Å². The molecule has 0 spiro atoms. The third kappa shape index (κ3) is 1.54. The molecule has 0 fully saturated rings. The van der Waals surface area contributed by atoms with Crippen molar-refractivity contribution in [2.45, 2.75) is 25.8 Å². The van der Waals surface area contributed by atoms with E-state index in [0.717, 1.165) is 18.6 Å². The second-order valence-corrected chi connectivity index (χ2v) is 5.47. The summed E-state index contributed by atoms with van der Waals surface area (Å²) in [5, 5.41) is 1.38. The van der Waals surface area contributed by atoms with Crippen LogP contribution in [0.1, 0.15) is 16.7 Å². The van der Waals surface area contributed by atoms with Crippen LogP contribution < -0.4 is 4.74 Å². The van der Waals surface area contributed by atoms with E-state index in [0.29, 0.717) is 6.04 Å². The van der Waals surface area contributed by atoms with Crippen LogP contribution in [0.15, 0.2) is 12.3 Å². The van der Waals surface area contributed by atoms with Crippen molar-refractivity contribution in [3.05, 3.63) is 29.0 Å². The zero-order valence-corrected chi connectivity index (χ0v) is 11.5. The van der Waals surface area contributed by atoms with Gasteiger partial charge < -0.3 is 14.6 Å². The van der Waals surface area contributed by atoms with E-state index in [9.17, 15) is 0 Å². The first-order chi connectivity index (χ1) is 8.61. The molecule has 2 aromatic rings. The molecule has 18 heavy (non-hydrogen) atoms. The van der Waals surface area contributed by atoms with Crippen LogP contribution in [0.25, 0.3) is 10.9 Å². The van der Waals surface area contributed by atoms with Gasteiger partial charge in [0.2, 0.25) is 0 Å². The van der Waals surface area contributed by atoms with Gasteiger partial charge in [-0.2, -0.15) is 0 Å². The van der Waals surface area contributed by atoms with Crippen molar-refractivity contribution < 1.29 is 4.74 Å². The van der Waals surface area contributed by atoms with Gasteiger partial charge >= 0.3 is 0 Å². The van der Waals surface area contributed by atoms with Gasteiger partial charge in [0.05, 0.1) is 7.11 Å². The molecule has 0 aliphatic heterocycles. The van der Waals surface area contributed by atoms with Gasteiger partial charge in [0, 0.05) is 28.7 Å². The van der Waals surface area contributed by atoms with Crippen molar-refractivity contribution in [1.29, 1.82) is 0 Å². The van der Waals surface area contributed by atoms with Crippen LogP contribution >= 0.6 is 0 Å². The molecular formula is C15H20N2O. The van der Waals surface area contributed by atoms with Crippen LogP contribution in [0.3, 0.4) is 0 Å². The molecular weight excluding hydrogens is 224 g/mol. The van der Waals surface area contributed by atoms with E-state index in [1.54, 1.807) is 7.11 Å². The Kier molecular flexibility index (Phi) is 2.59. The lowest BCUT2D eigenvalue weighted by molar-refractivity contribution is 0.284. The van der Waals surface area contributed by atoms with E-state index in [2.05, 4.69) is 43.2 Å². The molecule has 0 saturated heterocycles. The summed E-state index contributed by atoms with van der Waals surface area (Å²) >= 11 is 0. The number of aryl methyl sites for hydroxylation is 1. The monoisotopic (exact) mass is 244 g/mol.